The van der Waals surface area contributed by atoms with Gasteiger partial charge < -0.3 is 15.0 Å². The molecule has 1 atom stereocenters. The zero-order valence-corrected chi connectivity index (χ0v) is 13.3. The van der Waals surface area contributed by atoms with Crippen molar-refractivity contribution in [1.29, 1.82) is 0 Å². The highest BCUT2D eigenvalue weighted by Gasteiger charge is 2.42. The molecule has 0 bridgehead atoms. The number of hydrogen-bond acceptors (Lipinski definition) is 4. The second-order valence-corrected chi connectivity index (χ2v) is 6.23. The van der Waals surface area contributed by atoms with Gasteiger partial charge in [0.25, 0.3) is 0 Å². The Labute approximate surface area is 127 Å². The number of hydrogen-bond donors (Lipinski definition) is 1. The second-order valence-electron chi connectivity index (χ2n) is 6.23. The predicted molar refractivity (Wildman–Crippen MR) is 80.8 cm³/mol. The number of piperidine rings is 2. The standard InChI is InChI=1S/C16H28N2O3/c1-3-16(7-9-17-10-8-16)15(20)18-11-5-6-13(12-18)14(19)21-4-2/h13,17H,3-12H2,1-2H3. The van der Waals surface area contributed by atoms with E-state index in [0.29, 0.717) is 13.2 Å². The van der Waals surface area contributed by atoms with E-state index in [1.54, 1.807) is 0 Å². The van der Waals surface area contributed by atoms with Crippen molar-refractivity contribution in [2.45, 2.75) is 46.0 Å². The zero-order valence-electron chi connectivity index (χ0n) is 13.3. The largest absolute Gasteiger partial charge is 0.466 e. The predicted octanol–water partition coefficient (Wildman–Crippen LogP) is 1.57. The van der Waals surface area contributed by atoms with Gasteiger partial charge in [0.2, 0.25) is 5.91 Å². The maximum atomic E-state index is 13.0. The van der Waals surface area contributed by atoms with Crippen LogP contribution in [0.2, 0.25) is 0 Å². The van der Waals surface area contributed by atoms with Crippen molar-refractivity contribution in [3.8, 4) is 0 Å². The summed E-state index contributed by atoms with van der Waals surface area (Å²) in [6.07, 6.45) is 4.43. The van der Waals surface area contributed by atoms with E-state index in [-0.39, 0.29) is 23.2 Å². The Morgan fingerprint density at radius 1 is 1.29 bits per heavy atom. The first-order valence-electron chi connectivity index (χ1n) is 8.29. The molecule has 2 rings (SSSR count). The van der Waals surface area contributed by atoms with Gasteiger partial charge in [-0.1, -0.05) is 6.92 Å². The molecule has 0 saturated carbocycles. The van der Waals surface area contributed by atoms with Gasteiger partial charge in [0, 0.05) is 13.1 Å². The molecule has 120 valence electrons. The molecule has 2 saturated heterocycles. The lowest BCUT2D eigenvalue weighted by Crippen LogP contribution is -2.52. The summed E-state index contributed by atoms with van der Waals surface area (Å²) in [6, 6.07) is 0. The number of ether oxygens (including phenoxy) is 1. The fourth-order valence-corrected chi connectivity index (χ4v) is 3.57. The number of carbonyl (C=O) groups is 2. The van der Waals surface area contributed by atoms with E-state index in [0.717, 1.165) is 51.7 Å². The summed E-state index contributed by atoms with van der Waals surface area (Å²) in [7, 11) is 0. The van der Waals surface area contributed by atoms with Gasteiger partial charge in [-0.25, -0.2) is 0 Å². The summed E-state index contributed by atoms with van der Waals surface area (Å²) >= 11 is 0. The van der Waals surface area contributed by atoms with Crippen molar-refractivity contribution < 1.29 is 14.3 Å². The summed E-state index contributed by atoms with van der Waals surface area (Å²) in [5.74, 6) is -0.0374. The summed E-state index contributed by atoms with van der Waals surface area (Å²) in [5.41, 5.74) is -0.220. The van der Waals surface area contributed by atoms with Crippen molar-refractivity contribution in [2.24, 2.45) is 11.3 Å². The Morgan fingerprint density at radius 3 is 2.62 bits per heavy atom. The Morgan fingerprint density at radius 2 is 2.00 bits per heavy atom. The van der Waals surface area contributed by atoms with Gasteiger partial charge in [0.05, 0.1) is 17.9 Å². The summed E-state index contributed by atoms with van der Waals surface area (Å²) < 4.78 is 5.12. The van der Waals surface area contributed by atoms with Crippen molar-refractivity contribution in [2.75, 3.05) is 32.8 Å². The van der Waals surface area contributed by atoms with Crippen molar-refractivity contribution in [3.05, 3.63) is 0 Å². The smallest absolute Gasteiger partial charge is 0.310 e. The second kappa shape index (κ2) is 7.25. The molecule has 2 aliphatic heterocycles. The van der Waals surface area contributed by atoms with E-state index < -0.39 is 0 Å². The maximum absolute atomic E-state index is 13.0. The van der Waals surface area contributed by atoms with E-state index >= 15 is 0 Å². The third kappa shape index (κ3) is 3.57. The Kier molecular flexibility index (Phi) is 5.62. The SMILES string of the molecule is CCOC(=O)C1CCCN(C(=O)C2(CC)CCNCC2)C1. The molecule has 0 radical (unpaired) electrons. The molecule has 1 unspecified atom stereocenters. The molecular formula is C16H28N2O3. The van der Waals surface area contributed by atoms with Crippen molar-refractivity contribution >= 4 is 11.9 Å². The lowest BCUT2D eigenvalue weighted by Gasteiger charge is -2.42. The van der Waals surface area contributed by atoms with Crippen LogP contribution >= 0.6 is 0 Å². The molecule has 0 aromatic rings. The number of carbonyl (C=O) groups excluding carboxylic acids is 2. The minimum absolute atomic E-state index is 0.140. The molecule has 21 heavy (non-hydrogen) atoms. The number of nitrogens with one attached hydrogen (secondary N) is 1. The minimum Gasteiger partial charge on any atom is -0.466 e. The van der Waals surface area contributed by atoms with Crippen molar-refractivity contribution in [1.82, 2.24) is 10.2 Å². The van der Waals surface area contributed by atoms with Crippen molar-refractivity contribution in [3.63, 3.8) is 0 Å². The van der Waals surface area contributed by atoms with Gasteiger partial charge in [-0.05, 0) is 52.1 Å². The zero-order chi connectivity index (χ0) is 15.3. The van der Waals surface area contributed by atoms with Gasteiger partial charge in [-0.3, -0.25) is 9.59 Å². The minimum atomic E-state index is -0.220. The van der Waals surface area contributed by atoms with Crippen LogP contribution in [0.3, 0.4) is 0 Å². The average Bonchev–Trinajstić information content (AvgIpc) is 2.55. The molecule has 5 heteroatoms. The third-order valence-corrected chi connectivity index (χ3v) is 5.02. The average molecular weight is 296 g/mol. The van der Waals surface area contributed by atoms with Crippen LogP contribution in [-0.4, -0.2) is 49.6 Å². The molecule has 1 N–H and O–H groups in total. The summed E-state index contributed by atoms with van der Waals surface area (Å²) in [5, 5.41) is 3.33. The van der Waals surface area contributed by atoms with Crippen LogP contribution < -0.4 is 5.32 Å². The van der Waals surface area contributed by atoms with E-state index in [4.69, 9.17) is 4.74 Å². The quantitative estimate of drug-likeness (QED) is 0.800. The molecule has 2 heterocycles. The molecule has 0 aromatic carbocycles. The molecule has 0 aromatic heterocycles. The summed E-state index contributed by atoms with van der Waals surface area (Å²) in [6.45, 7) is 7.48. The molecule has 5 nitrogen and oxygen atoms in total. The van der Waals surface area contributed by atoms with Gasteiger partial charge >= 0.3 is 5.97 Å². The Bertz CT molecular complexity index is 378. The van der Waals surface area contributed by atoms with Gasteiger partial charge in [-0.15, -0.1) is 0 Å². The highest BCUT2D eigenvalue weighted by Crippen LogP contribution is 2.36. The number of rotatable bonds is 4. The normalized spacial score (nSPS) is 25.4. The molecular weight excluding hydrogens is 268 g/mol. The number of esters is 1. The number of amides is 1. The summed E-state index contributed by atoms with van der Waals surface area (Å²) in [4.78, 5) is 26.8. The van der Waals surface area contributed by atoms with Gasteiger partial charge in [0.15, 0.2) is 0 Å². The van der Waals surface area contributed by atoms with Crippen LogP contribution in [0.1, 0.15) is 46.0 Å². The number of nitrogens with zero attached hydrogens (tertiary/aromatic N) is 1. The van der Waals surface area contributed by atoms with Crippen LogP contribution in [0.15, 0.2) is 0 Å². The van der Waals surface area contributed by atoms with Crippen LogP contribution in [-0.2, 0) is 14.3 Å². The maximum Gasteiger partial charge on any atom is 0.310 e. The fourth-order valence-electron chi connectivity index (χ4n) is 3.57. The highest BCUT2D eigenvalue weighted by molar-refractivity contribution is 5.84. The number of likely N-dealkylation sites (tertiary alicyclic amines) is 1. The molecule has 2 aliphatic rings. The lowest BCUT2D eigenvalue weighted by atomic mass is 9.75. The lowest BCUT2D eigenvalue weighted by molar-refractivity contribution is -0.154. The van der Waals surface area contributed by atoms with E-state index in [9.17, 15) is 9.59 Å². The first-order chi connectivity index (χ1) is 10.1. The molecule has 0 aliphatic carbocycles. The van der Waals surface area contributed by atoms with Gasteiger partial charge in [-0.2, -0.15) is 0 Å². The Balaban J connectivity index is 2.02. The Hall–Kier alpha value is -1.10. The highest BCUT2D eigenvalue weighted by atomic mass is 16.5. The topological polar surface area (TPSA) is 58.6 Å². The van der Waals surface area contributed by atoms with Crippen LogP contribution in [0.5, 0.6) is 0 Å². The molecule has 0 spiro atoms. The first-order valence-corrected chi connectivity index (χ1v) is 8.29. The first kappa shape index (κ1) is 16.3. The third-order valence-electron chi connectivity index (χ3n) is 5.02. The van der Waals surface area contributed by atoms with E-state index in [2.05, 4.69) is 12.2 Å². The van der Waals surface area contributed by atoms with Crippen LogP contribution in [0.25, 0.3) is 0 Å². The molecule has 1 amide bonds. The van der Waals surface area contributed by atoms with Gasteiger partial charge in [0.1, 0.15) is 0 Å². The van der Waals surface area contributed by atoms with Crippen LogP contribution in [0, 0.1) is 11.3 Å². The monoisotopic (exact) mass is 296 g/mol. The fraction of sp³-hybridized carbons (Fsp3) is 0.875. The van der Waals surface area contributed by atoms with E-state index in [1.165, 1.54) is 0 Å². The molecule has 2 fully saturated rings. The van der Waals surface area contributed by atoms with Crippen LogP contribution in [0.4, 0.5) is 0 Å². The van der Waals surface area contributed by atoms with E-state index in [1.807, 2.05) is 11.8 Å².